The molecule has 0 aliphatic carbocycles. The van der Waals surface area contributed by atoms with Crippen LogP contribution in [-0.2, 0) is 4.74 Å². The second-order valence-corrected chi connectivity index (χ2v) is 6.53. The van der Waals surface area contributed by atoms with Gasteiger partial charge in [-0.05, 0) is 58.0 Å². The number of hydrogen-bond acceptors (Lipinski definition) is 5. The lowest BCUT2D eigenvalue weighted by atomic mass is 10.2. The van der Waals surface area contributed by atoms with E-state index in [0.29, 0.717) is 22.8 Å². The molecule has 0 N–H and O–H groups in total. The number of aromatic nitrogens is 1. The molecular weight excluding hydrogens is 354 g/mol. The van der Waals surface area contributed by atoms with E-state index in [1.54, 1.807) is 18.3 Å². The van der Waals surface area contributed by atoms with E-state index < -0.39 is 0 Å². The first-order valence-electron chi connectivity index (χ1n) is 8.79. The van der Waals surface area contributed by atoms with E-state index >= 15 is 0 Å². The number of hydrogen-bond donors (Lipinski definition) is 0. The van der Waals surface area contributed by atoms with Crippen molar-refractivity contribution in [3.05, 3.63) is 69.7 Å². The van der Waals surface area contributed by atoms with E-state index in [1.165, 1.54) is 7.11 Å². The Morgan fingerprint density at radius 1 is 1.21 bits per heavy atom. The van der Waals surface area contributed by atoms with Crippen LogP contribution in [0.5, 0.6) is 0 Å². The molecule has 0 unspecified atom stereocenters. The van der Waals surface area contributed by atoms with Crippen molar-refractivity contribution >= 4 is 18.1 Å². The summed E-state index contributed by atoms with van der Waals surface area (Å²) >= 11 is 0. The number of ether oxygens (including phenoxy) is 1. The zero-order chi connectivity index (χ0) is 20.4. The highest BCUT2D eigenvalue weighted by molar-refractivity contribution is 5.89. The van der Waals surface area contributed by atoms with Gasteiger partial charge in [-0.2, -0.15) is 5.26 Å². The molecule has 0 amide bonds. The predicted octanol–water partition coefficient (Wildman–Crippen LogP) is 4.71. The van der Waals surface area contributed by atoms with Crippen molar-refractivity contribution in [2.75, 3.05) is 7.11 Å². The van der Waals surface area contributed by atoms with Crippen molar-refractivity contribution in [1.82, 2.24) is 4.57 Å². The first kappa shape index (κ1) is 19.2. The smallest absolute Gasteiger partial charge is 0.337 e. The van der Waals surface area contributed by atoms with Gasteiger partial charge in [0.2, 0.25) is 5.88 Å². The Bertz CT molecular complexity index is 1110. The van der Waals surface area contributed by atoms with Crippen molar-refractivity contribution in [1.29, 1.82) is 5.26 Å². The number of carbonyl (C=O) groups is 1. The van der Waals surface area contributed by atoms with E-state index in [1.807, 2.05) is 45.9 Å². The van der Waals surface area contributed by atoms with Gasteiger partial charge < -0.3 is 13.7 Å². The van der Waals surface area contributed by atoms with Crippen LogP contribution >= 0.6 is 0 Å². The summed E-state index contributed by atoms with van der Waals surface area (Å²) in [6.45, 7) is 7.66. The second kappa shape index (κ2) is 7.57. The number of nitrogens with zero attached hydrogens (tertiary/aromatic N) is 3. The quantitative estimate of drug-likeness (QED) is 0.488. The van der Waals surface area contributed by atoms with Crippen LogP contribution in [0.3, 0.4) is 0 Å². The van der Waals surface area contributed by atoms with Crippen molar-refractivity contribution < 1.29 is 13.9 Å². The molecule has 28 heavy (non-hydrogen) atoms. The maximum atomic E-state index is 11.6. The summed E-state index contributed by atoms with van der Waals surface area (Å²) in [5.74, 6) is 0.655. The van der Waals surface area contributed by atoms with Gasteiger partial charge in [0, 0.05) is 34.4 Å². The van der Waals surface area contributed by atoms with Gasteiger partial charge in [0.1, 0.15) is 17.4 Å². The summed E-state index contributed by atoms with van der Waals surface area (Å²) in [6, 6.07) is 11.4. The average Bonchev–Trinajstić information content (AvgIpc) is 3.14. The molecule has 0 saturated heterocycles. The number of aryl methyl sites for hydroxylation is 2. The summed E-state index contributed by atoms with van der Waals surface area (Å²) in [5, 5.41) is 9.32. The van der Waals surface area contributed by atoms with Gasteiger partial charge >= 0.3 is 5.97 Å². The molecule has 0 bridgehead atoms. The van der Waals surface area contributed by atoms with Gasteiger partial charge in [0.25, 0.3) is 0 Å². The molecule has 6 nitrogen and oxygen atoms in total. The number of furan rings is 1. The summed E-state index contributed by atoms with van der Waals surface area (Å²) in [6.07, 6.45) is 1.71. The largest absolute Gasteiger partial charge is 0.465 e. The molecule has 2 heterocycles. The van der Waals surface area contributed by atoms with Crippen molar-refractivity contribution in [3.8, 4) is 11.8 Å². The number of methoxy groups -OCH3 is 1. The van der Waals surface area contributed by atoms with E-state index in [0.717, 1.165) is 28.2 Å². The van der Waals surface area contributed by atoms with Crippen LogP contribution in [0.15, 0.2) is 39.7 Å². The Labute approximate surface area is 163 Å². The van der Waals surface area contributed by atoms with Gasteiger partial charge in [-0.3, -0.25) is 0 Å². The molecular formula is C22H21N3O3. The van der Waals surface area contributed by atoms with Gasteiger partial charge in [0.05, 0.1) is 12.7 Å². The maximum absolute atomic E-state index is 11.6. The number of carbonyl (C=O) groups excluding carboxylic acids is 1. The highest BCUT2D eigenvalue weighted by Crippen LogP contribution is 2.28. The Hall–Kier alpha value is -3.59. The summed E-state index contributed by atoms with van der Waals surface area (Å²) < 4.78 is 12.4. The van der Waals surface area contributed by atoms with Gasteiger partial charge in [-0.25, -0.2) is 9.79 Å². The Kier molecular flexibility index (Phi) is 5.18. The molecule has 0 radical (unpaired) electrons. The molecule has 142 valence electrons. The zero-order valence-electron chi connectivity index (χ0n) is 16.5. The fourth-order valence-corrected chi connectivity index (χ4v) is 3.14. The Morgan fingerprint density at radius 2 is 1.89 bits per heavy atom. The van der Waals surface area contributed by atoms with Crippen LogP contribution in [0, 0.1) is 39.0 Å². The SMILES string of the molecule is COC(=O)c1ccc(-n2c(C)cc(C=Nc3oc(C)c(C)c3C#N)c2C)cc1. The van der Waals surface area contributed by atoms with Crippen molar-refractivity contribution in [2.24, 2.45) is 4.99 Å². The lowest BCUT2D eigenvalue weighted by Gasteiger charge is -2.10. The number of benzene rings is 1. The first-order chi connectivity index (χ1) is 13.4. The normalized spacial score (nSPS) is 11.0. The molecule has 0 aliphatic heterocycles. The Balaban J connectivity index is 1.96. The van der Waals surface area contributed by atoms with E-state index in [2.05, 4.69) is 15.6 Å². The van der Waals surface area contributed by atoms with Crippen LogP contribution in [0.4, 0.5) is 5.88 Å². The fourth-order valence-electron chi connectivity index (χ4n) is 3.14. The molecule has 6 heteroatoms. The first-order valence-corrected chi connectivity index (χ1v) is 8.79. The molecule has 0 aliphatic rings. The predicted molar refractivity (Wildman–Crippen MR) is 107 cm³/mol. The third-order valence-electron chi connectivity index (χ3n) is 4.82. The minimum absolute atomic E-state index is 0.324. The topological polar surface area (TPSA) is 80.5 Å². The van der Waals surface area contributed by atoms with E-state index in [-0.39, 0.29) is 5.97 Å². The van der Waals surface area contributed by atoms with Gasteiger partial charge in [-0.1, -0.05) is 0 Å². The number of nitriles is 1. The van der Waals surface area contributed by atoms with Crippen LogP contribution in [0.1, 0.15) is 44.2 Å². The zero-order valence-corrected chi connectivity index (χ0v) is 16.5. The number of esters is 1. The van der Waals surface area contributed by atoms with Crippen LogP contribution in [-0.4, -0.2) is 23.9 Å². The van der Waals surface area contributed by atoms with E-state index in [9.17, 15) is 10.1 Å². The summed E-state index contributed by atoms with van der Waals surface area (Å²) in [5.41, 5.74) is 5.65. The van der Waals surface area contributed by atoms with E-state index in [4.69, 9.17) is 9.15 Å². The summed E-state index contributed by atoms with van der Waals surface area (Å²) in [7, 11) is 1.36. The lowest BCUT2D eigenvalue weighted by Crippen LogP contribution is -2.03. The number of rotatable bonds is 4. The lowest BCUT2D eigenvalue weighted by molar-refractivity contribution is 0.0600. The highest BCUT2D eigenvalue weighted by atomic mass is 16.5. The molecule has 1 aromatic carbocycles. The standard InChI is InChI=1S/C22H21N3O3/c1-13-10-18(12-24-21-20(11-23)14(2)16(4)28-21)15(3)25(13)19-8-6-17(7-9-19)22(26)27-5/h6-10,12H,1-5H3. The fraction of sp³-hybridized carbons (Fsp3) is 0.227. The third-order valence-corrected chi connectivity index (χ3v) is 4.82. The van der Waals surface area contributed by atoms with Crippen LogP contribution in [0.2, 0.25) is 0 Å². The minimum atomic E-state index is -0.363. The monoisotopic (exact) mass is 375 g/mol. The average molecular weight is 375 g/mol. The van der Waals surface area contributed by atoms with Crippen LogP contribution in [0.25, 0.3) is 5.69 Å². The van der Waals surface area contributed by atoms with Crippen LogP contribution < -0.4 is 0 Å². The minimum Gasteiger partial charge on any atom is -0.465 e. The molecule has 0 spiro atoms. The van der Waals surface area contributed by atoms with Crippen molar-refractivity contribution in [2.45, 2.75) is 27.7 Å². The maximum Gasteiger partial charge on any atom is 0.337 e. The molecule has 2 aromatic heterocycles. The number of aliphatic imine (C=N–C) groups is 1. The Morgan fingerprint density at radius 3 is 2.50 bits per heavy atom. The molecule has 3 rings (SSSR count). The van der Waals surface area contributed by atoms with Crippen molar-refractivity contribution in [3.63, 3.8) is 0 Å². The molecule has 0 saturated carbocycles. The third kappa shape index (κ3) is 3.35. The molecule has 3 aromatic rings. The van der Waals surface area contributed by atoms with Gasteiger partial charge in [0.15, 0.2) is 0 Å². The second-order valence-electron chi connectivity index (χ2n) is 6.53. The molecule has 0 atom stereocenters. The molecule has 0 fully saturated rings. The summed E-state index contributed by atoms with van der Waals surface area (Å²) in [4.78, 5) is 16.0. The van der Waals surface area contributed by atoms with Gasteiger partial charge in [-0.15, -0.1) is 0 Å². The highest BCUT2D eigenvalue weighted by Gasteiger charge is 2.14.